The molecular weight excluding hydrogens is 269 g/mol. The first kappa shape index (κ1) is 13.6. The lowest BCUT2D eigenvalue weighted by molar-refractivity contribution is 0.500. The topological polar surface area (TPSA) is 66.5 Å². The number of aromatic nitrogens is 3. The van der Waals surface area contributed by atoms with Crippen molar-refractivity contribution in [1.82, 2.24) is 14.8 Å². The molecular formula is C15H16FN5. The van der Waals surface area contributed by atoms with Gasteiger partial charge in [-0.1, -0.05) is 6.07 Å². The Balaban J connectivity index is 1.88. The minimum absolute atomic E-state index is 0.0303. The molecule has 0 saturated heterocycles. The van der Waals surface area contributed by atoms with Crippen LogP contribution in [0, 0.1) is 17.1 Å². The average molecular weight is 285 g/mol. The summed E-state index contributed by atoms with van der Waals surface area (Å²) in [7, 11) is 0. The largest absolute Gasteiger partial charge is 0.374 e. The lowest BCUT2D eigenvalue weighted by Crippen LogP contribution is -2.18. The molecule has 0 radical (unpaired) electrons. The molecule has 0 aliphatic carbocycles. The summed E-state index contributed by atoms with van der Waals surface area (Å²) < 4.78 is 15.7. The van der Waals surface area contributed by atoms with Crippen molar-refractivity contribution < 1.29 is 4.39 Å². The molecule has 0 saturated carbocycles. The van der Waals surface area contributed by atoms with E-state index in [1.807, 2.05) is 13.0 Å². The van der Waals surface area contributed by atoms with Gasteiger partial charge in [-0.05, 0) is 31.9 Å². The smallest absolute Gasteiger partial charge is 0.155 e. The maximum absolute atomic E-state index is 13.6. The molecule has 1 N–H and O–H groups in total. The normalized spacial score (nSPS) is 15.1. The van der Waals surface area contributed by atoms with Crippen LogP contribution in [0.25, 0.3) is 0 Å². The molecule has 1 unspecified atom stereocenters. The third kappa shape index (κ3) is 2.47. The Morgan fingerprint density at radius 2 is 2.24 bits per heavy atom. The van der Waals surface area contributed by atoms with Crippen molar-refractivity contribution in [3.8, 4) is 6.07 Å². The summed E-state index contributed by atoms with van der Waals surface area (Å²) >= 11 is 0. The van der Waals surface area contributed by atoms with Gasteiger partial charge in [-0.25, -0.2) is 4.39 Å². The van der Waals surface area contributed by atoms with Crippen LogP contribution in [0.15, 0.2) is 18.2 Å². The van der Waals surface area contributed by atoms with E-state index >= 15 is 0 Å². The molecule has 2 heterocycles. The van der Waals surface area contributed by atoms with Gasteiger partial charge < -0.3 is 9.88 Å². The second-order valence-electron chi connectivity index (χ2n) is 5.22. The molecule has 0 amide bonds. The quantitative estimate of drug-likeness (QED) is 0.941. The molecule has 108 valence electrons. The zero-order valence-corrected chi connectivity index (χ0v) is 11.8. The summed E-state index contributed by atoms with van der Waals surface area (Å²) in [6.07, 6.45) is 3.21. The molecule has 1 aliphatic heterocycles. The molecule has 1 aromatic heterocycles. The van der Waals surface area contributed by atoms with Crippen molar-refractivity contribution in [2.24, 2.45) is 0 Å². The molecule has 2 aromatic rings. The maximum atomic E-state index is 13.6. The van der Waals surface area contributed by atoms with E-state index in [4.69, 9.17) is 5.26 Å². The number of aryl methyl sites for hydroxylation is 1. The van der Waals surface area contributed by atoms with Gasteiger partial charge in [-0.2, -0.15) is 5.26 Å². The van der Waals surface area contributed by atoms with Gasteiger partial charge in [-0.15, -0.1) is 10.2 Å². The van der Waals surface area contributed by atoms with Crippen molar-refractivity contribution in [3.05, 3.63) is 41.2 Å². The first-order valence-corrected chi connectivity index (χ1v) is 7.08. The Bertz CT molecular complexity index is 701. The van der Waals surface area contributed by atoms with Crippen molar-refractivity contribution in [3.63, 3.8) is 0 Å². The molecule has 1 aliphatic rings. The number of rotatable bonds is 3. The standard InChI is InChI=1S/C15H16FN5/c1-10(15-20-19-14-7-2-3-8-21(14)15)18-13-6-4-5-12(16)11(13)9-17/h4-6,10,18H,2-3,7-8H2,1H3. The van der Waals surface area contributed by atoms with Crippen molar-refractivity contribution in [1.29, 1.82) is 5.26 Å². The fourth-order valence-corrected chi connectivity index (χ4v) is 2.71. The van der Waals surface area contributed by atoms with Crippen LogP contribution in [0.1, 0.15) is 43.0 Å². The predicted molar refractivity (Wildman–Crippen MR) is 76.1 cm³/mol. The second-order valence-corrected chi connectivity index (χ2v) is 5.22. The zero-order chi connectivity index (χ0) is 14.8. The van der Waals surface area contributed by atoms with E-state index in [-0.39, 0.29) is 11.6 Å². The van der Waals surface area contributed by atoms with Crippen molar-refractivity contribution in [2.75, 3.05) is 5.32 Å². The Labute approximate surface area is 122 Å². The van der Waals surface area contributed by atoms with E-state index in [1.54, 1.807) is 12.1 Å². The second kappa shape index (κ2) is 5.52. The van der Waals surface area contributed by atoms with Gasteiger partial charge in [0.05, 0.1) is 11.7 Å². The number of fused-ring (bicyclic) bond motifs is 1. The highest BCUT2D eigenvalue weighted by Gasteiger charge is 2.21. The van der Waals surface area contributed by atoms with E-state index < -0.39 is 5.82 Å². The van der Waals surface area contributed by atoms with E-state index in [0.29, 0.717) is 5.69 Å². The predicted octanol–water partition coefficient (Wildman–Crippen LogP) is 2.80. The number of hydrogen-bond donors (Lipinski definition) is 1. The van der Waals surface area contributed by atoms with E-state index in [9.17, 15) is 4.39 Å². The van der Waals surface area contributed by atoms with Gasteiger partial charge in [0.15, 0.2) is 5.82 Å². The summed E-state index contributed by atoms with van der Waals surface area (Å²) in [6, 6.07) is 6.33. The number of nitriles is 1. The number of nitrogens with zero attached hydrogens (tertiary/aromatic N) is 4. The molecule has 3 rings (SSSR count). The van der Waals surface area contributed by atoms with Crippen LogP contribution >= 0.6 is 0 Å². The minimum atomic E-state index is -0.516. The third-order valence-electron chi connectivity index (χ3n) is 3.77. The van der Waals surface area contributed by atoms with Crippen LogP contribution in [0.2, 0.25) is 0 Å². The van der Waals surface area contributed by atoms with Crippen LogP contribution < -0.4 is 5.32 Å². The molecule has 5 nitrogen and oxygen atoms in total. The Kier molecular flexibility index (Phi) is 3.57. The molecule has 1 atom stereocenters. The molecule has 0 fully saturated rings. The van der Waals surface area contributed by atoms with Crippen LogP contribution in [-0.4, -0.2) is 14.8 Å². The van der Waals surface area contributed by atoms with Crippen LogP contribution in [0.3, 0.4) is 0 Å². The lowest BCUT2D eigenvalue weighted by Gasteiger charge is -2.20. The Hall–Kier alpha value is -2.42. The number of anilines is 1. The SMILES string of the molecule is CC(Nc1cccc(F)c1C#N)c1nnc2n1CCCC2. The molecule has 6 heteroatoms. The summed E-state index contributed by atoms with van der Waals surface area (Å²) in [5.41, 5.74) is 0.515. The Morgan fingerprint density at radius 3 is 3.05 bits per heavy atom. The molecule has 21 heavy (non-hydrogen) atoms. The molecule has 0 spiro atoms. The summed E-state index contributed by atoms with van der Waals surface area (Å²) in [5, 5.41) is 20.7. The third-order valence-corrected chi connectivity index (χ3v) is 3.77. The summed E-state index contributed by atoms with van der Waals surface area (Å²) in [5.74, 6) is 1.32. The van der Waals surface area contributed by atoms with Gasteiger partial charge in [0.2, 0.25) is 0 Å². The number of halogens is 1. The molecule has 0 bridgehead atoms. The molecule has 1 aromatic carbocycles. The number of nitrogens with one attached hydrogen (secondary N) is 1. The van der Waals surface area contributed by atoms with Gasteiger partial charge in [0.1, 0.15) is 23.3 Å². The monoisotopic (exact) mass is 285 g/mol. The fraction of sp³-hybridized carbons (Fsp3) is 0.400. The van der Waals surface area contributed by atoms with Gasteiger partial charge in [0, 0.05) is 13.0 Å². The highest BCUT2D eigenvalue weighted by Crippen LogP contribution is 2.25. The first-order chi connectivity index (χ1) is 10.2. The van der Waals surface area contributed by atoms with Gasteiger partial charge in [-0.3, -0.25) is 0 Å². The number of benzene rings is 1. The van der Waals surface area contributed by atoms with Crippen LogP contribution in [-0.2, 0) is 13.0 Å². The van der Waals surface area contributed by atoms with Crippen LogP contribution in [0.4, 0.5) is 10.1 Å². The first-order valence-electron chi connectivity index (χ1n) is 7.08. The van der Waals surface area contributed by atoms with Gasteiger partial charge in [0.25, 0.3) is 0 Å². The maximum Gasteiger partial charge on any atom is 0.155 e. The fourth-order valence-electron chi connectivity index (χ4n) is 2.71. The lowest BCUT2D eigenvalue weighted by atomic mass is 10.1. The average Bonchev–Trinajstić information content (AvgIpc) is 2.91. The van der Waals surface area contributed by atoms with Crippen molar-refractivity contribution >= 4 is 5.69 Å². The minimum Gasteiger partial charge on any atom is -0.374 e. The Morgan fingerprint density at radius 1 is 1.38 bits per heavy atom. The highest BCUT2D eigenvalue weighted by atomic mass is 19.1. The summed E-state index contributed by atoms with van der Waals surface area (Å²) in [4.78, 5) is 0. The van der Waals surface area contributed by atoms with Gasteiger partial charge >= 0.3 is 0 Å². The van der Waals surface area contributed by atoms with E-state index in [0.717, 1.165) is 37.5 Å². The van der Waals surface area contributed by atoms with Crippen molar-refractivity contribution in [2.45, 2.75) is 38.8 Å². The van der Waals surface area contributed by atoms with Crippen LogP contribution in [0.5, 0.6) is 0 Å². The summed E-state index contributed by atoms with van der Waals surface area (Å²) in [6.45, 7) is 2.86. The van der Waals surface area contributed by atoms with E-state index in [1.165, 1.54) is 6.07 Å². The number of hydrogen-bond acceptors (Lipinski definition) is 4. The van der Waals surface area contributed by atoms with E-state index in [2.05, 4.69) is 20.1 Å². The highest BCUT2D eigenvalue weighted by molar-refractivity contribution is 5.58. The zero-order valence-electron chi connectivity index (χ0n) is 11.8.